The molecular weight excluding hydrogens is 248 g/mol. The SMILES string of the molecule is CCNC(c1cccc2ncccc12)C1CCOCC1. The van der Waals surface area contributed by atoms with Gasteiger partial charge < -0.3 is 10.1 Å². The fraction of sp³-hybridized carbons (Fsp3) is 0.471. The van der Waals surface area contributed by atoms with Crippen LogP contribution in [0.5, 0.6) is 0 Å². The third-order valence-electron chi connectivity index (χ3n) is 4.18. The molecule has 2 heterocycles. The smallest absolute Gasteiger partial charge is 0.0705 e. The van der Waals surface area contributed by atoms with Crippen LogP contribution in [0.2, 0.25) is 0 Å². The molecule has 3 heteroatoms. The summed E-state index contributed by atoms with van der Waals surface area (Å²) in [6.07, 6.45) is 4.13. The van der Waals surface area contributed by atoms with E-state index in [9.17, 15) is 0 Å². The lowest BCUT2D eigenvalue weighted by Gasteiger charge is -2.32. The van der Waals surface area contributed by atoms with Gasteiger partial charge in [0.15, 0.2) is 0 Å². The number of hydrogen-bond acceptors (Lipinski definition) is 3. The van der Waals surface area contributed by atoms with Crippen molar-refractivity contribution in [3.8, 4) is 0 Å². The van der Waals surface area contributed by atoms with Crippen molar-refractivity contribution in [2.45, 2.75) is 25.8 Å². The second-order valence-electron chi connectivity index (χ2n) is 5.40. The lowest BCUT2D eigenvalue weighted by Crippen LogP contribution is -2.32. The molecule has 2 aromatic rings. The molecule has 3 rings (SSSR count). The van der Waals surface area contributed by atoms with Crippen LogP contribution in [0.1, 0.15) is 31.4 Å². The van der Waals surface area contributed by atoms with Gasteiger partial charge in [-0.1, -0.05) is 25.1 Å². The third-order valence-corrected chi connectivity index (χ3v) is 4.18. The topological polar surface area (TPSA) is 34.2 Å². The first-order valence-electron chi connectivity index (χ1n) is 7.55. The highest BCUT2D eigenvalue weighted by Crippen LogP contribution is 2.33. The summed E-state index contributed by atoms with van der Waals surface area (Å²) in [5.74, 6) is 0.648. The van der Waals surface area contributed by atoms with Gasteiger partial charge in [0.2, 0.25) is 0 Å². The Bertz CT molecular complexity index is 558. The van der Waals surface area contributed by atoms with Crippen molar-refractivity contribution >= 4 is 10.9 Å². The summed E-state index contributed by atoms with van der Waals surface area (Å²) in [7, 11) is 0. The molecule has 20 heavy (non-hydrogen) atoms. The molecule has 1 atom stereocenters. The van der Waals surface area contributed by atoms with E-state index in [1.165, 1.54) is 10.9 Å². The van der Waals surface area contributed by atoms with E-state index in [0.29, 0.717) is 12.0 Å². The zero-order valence-corrected chi connectivity index (χ0v) is 12.0. The molecule has 3 nitrogen and oxygen atoms in total. The average Bonchev–Trinajstić information content (AvgIpc) is 2.53. The zero-order valence-electron chi connectivity index (χ0n) is 12.0. The number of pyridine rings is 1. The van der Waals surface area contributed by atoms with Gasteiger partial charge in [-0.25, -0.2) is 0 Å². The third kappa shape index (κ3) is 2.69. The van der Waals surface area contributed by atoms with Crippen LogP contribution in [-0.4, -0.2) is 24.7 Å². The molecule has 0 amide bonds. The lowest BCUT2D eigenvalue weighted by molar-refractivity contribution is 0.0540. The molecule has 0 aliphatic carbocycles. The maximum Gasteiger partial charge on any atom is 0.0705 e. The Morgan fingerprint density at radius 1 is 1.25 bits per heavy atom. The fourth-order valence-corrected chi connectivity index (χ4v) is 3.20. The molecular formula is C17H22N2O. The Hall–Kier alpha value is -1.45. The number of nitrogens with zero attached hydrogens (tertiary/aromatic N) is 1. The van der Waals surface area contributed by atoms with Crippen molar-refractivity contribution in [2.75, 3.05) is 19.8 Å². The maximum absolute atomic E-state index is 5.51. The molecule has 1 unspecified atom stereocenters. The van der Waals surface area contributed by atoms with Crippen molar-refractivity contribution in [3.05, 3.63) is 42.1 Å². The predicted molar refractivity (Wildman–Crippen MR) is 81.7 cm³/mol. The Balaban J connectivity index is 2.00. The van der Waals surface area contributed by atoms with Gasteiger partial charge in [0, 0.05) is 30.8 Å². The molecule has 0 bridgehead atoms. The van der Waals surface area contributed by atoms with E-state index in [4.69, 9.17) is 4.74 Å². The van der Waals surface area contributed by atoms with E-state index < -0.39 is 0 Å². The predicted octanol–water partition coefficient (Wildman–Crippen LogP) is 3.31. The van der Waals surface area contributed by atoms with Crippen LogP contribution < -0.4 is 5.32 Å². The minimum absolute atomic E-state index is 0.400. The first-order valence-corrected chi connectivity index (χ1v) is 7.55. The summed E-state index contributed by atoms with van der Waals surface area (Å²) < 4.78 is 5.51. The number of rotatable bonds is 4. The summed E-state index contributed by atoms with van der Waals surface area (Å²) >= 11 is 0. The second kappa shape index (κ2) is 6.33. The lowest BCUT2D eigenvalue weighted by atomic mass is 9.85. The molecule has 0 radical (unpaired) electrons. The number of aromatic nitrogens is 1. The van der Waals surface area contributed by atoms with E-state index in [-0.39, 0.29) is 0 Å². The molecule has 1 fully saturated rings. The van der Waals surface area contributed by atoms with Crippen LogP contribution in [0.15, 0.2) is 36.5 Å². The highest BCUT2D eigenvalue weighted by Gasteiger charge is 2.25. The summed E-state index contributed by atoms with van der Waals surface area (Å²) in [6.45, 7) is 4.93. The van der Waals surface area contributed by atoms with Crippen molar-refractivity contribution < 1.29 is 4.74 Å². The van der Waals surface area contributed by atoms with E-state index in [1.54, 1.807) is 0 Å². The number of benzene rings is 1. The normalized spacial score (nSPS) is 18.2. The Labute approximate surface area is 120 Å². The Morgan fingerprint density at radius 2 is 2.10 bits per heavy atom. The van der Waals surface area contributed by atoms with Crippen molar-refractivity contribution in [1.82, 2.24) is 10.3 Å². The minimum atomic E-state index is 0.400. The summed E-state index contributed by atoms with van der Waals surface area (Å²) in [5.41, 5.74) is 2.46. The number of ether oxygens (including phenoxy) is 1. The number of hydrogen-bond donors (Lipinski definition) is 1. The highest BCUT2D eigenvalue weighted by atomic mass is 16.5. The monoisotopic (exact) mass is 270 g/mol. The fourth-order valence-electron chi connectivity index (χ4n) is 3.20. The van der Waals surface area contributed by atoms with Gasteiger partial charge in [-0.05, 0) is 43.0 Å². The van der Waals surface area contributed by atoms with E-state index >= 15 is 0 Å². The van der Waals surface area contributed by atoms with E-state index in [1.807, 2.05) is 12.3 Å². The highest BCUT2D eigenvalue weighted by molar-refractivity contribution is 5.82. The van der Waals surface area contributed by atoms with Gasteiger partial charge in [-0.3, -0.25) is 4.98 Å². The summed E-state index contributed by atoms with van der Waals surface area (Å²) in [4.78, 5) is 4.48. The standard InChI is InChI=1S/C17H22N2O/c1-2-18-17(13-8-11-20-12-9-13)15-5-3-7-16-14(15)6-4-10-19-16/h3-7,10,13,17-18H,2,8-9,11-12H2,1H3. The van der Waals surface area contributed by atoms with Gasteiger partial charge in [0.1, 0.15) is 0 Å². The molecule has 1 saturated heterocycles. The molecule has 1 aromatic heterocycles. The molecule has 0 saturated carbocycles. The molecule has 1 aromatic carbocycles. The van der Waals surface area contributed by atoms with Gasteiger partial charge >= 0.3 is 0 Å². The molecule has 1 aliphatic rings. The first kappa shape index (κ1) is 13.5. The molecule has 106 valence electrons. The largest absolute Gasteiger partial charge is 0.381 e. The van der Waals surface area contributed by atoms with Crippen LogP contribution in [0.4, 0.5) is 0 Å². The van der Waals surface area contributed by atoms with E-state index in [0.717, 1.165) is 38.1 Å². The average molecular weight is 270 g/mol. The first-order chi connectivity index (χ1) is 9.90. The van der Waals surface area contributed by atoms with Gasteiger partial charge in [-0.2, -0.15) is 0 Å². The van der Waals surface area contributed by atoms with Crippen LogP contribution in [0.25, 0.3) is 10.9 Å². The van der Waals surface area contributed by atoms with Crippen LogP contribution in [-0.2, 0) is 4.74 Å². The number of fused-ring (bicyclic) bond motifs is 1. The van der Waals surface area contributed by atoms with Gasteiger partial charge in [-0.15, -0.1) is 0 Å². The second-order valence-corrected chi connectivity index (χ2v) is 5.40. The Kier molecular flexibility index (Phi) is 4.28. The summed E-state index contributed by atoms with van der Waals surface area (Å²) in [6, 6.07) is 11.1. The van der Waals surface area contributed by atoms with Crippen molar-refractivity contribution in [3.63, 3.8) is 0 Å². The molecule has 1 aliphatic heterocycles. The minimum Gasteiger partial charge on any atom is -0.381 e. The van der Waals surface area contributed by atoms with Crippen LogP contribution in [0.3, 0.4) is 0 Å². The molecule has 0 spiro atoms. The van der Waals surface area contributed by atoms with Crippen molar-refractivity contribution in [1.29, 1.82) is 0 Å². The van der Waals surface area contributed by atoms with Gasteiger partial charge in [0.05, 0.1) is 5.52 Å². The Morgan fingerprint density at radius 3 is 2.90 bits per heavy atom. The molecule has 1 N–H and O–H groups in total. The maximum atomic E-state index is 5.51. The van der Waals surface area contributed by atoms with Crippen LogP contribution in [0, 0.1) is 5.92 Å². The number of nitrogens with one attached hydrogen (secondary N) is 1. The van der Waals surface area contributed by atoms with Crippen LogP contribution >= 0.6 is 0 Å². The quantitative estimate of drug-likeness (QED) is 0.925. The zero-order chi connectivity index (χ0) is 13.8. The van der Waals surface area contributed by atoms with Crippen molar-refractivity contribution in [2.24, 2.45) is 5.92 Å². The summed E-state index contributed by atoms with van der Waals surface area (Å²) in [5, 5.41) is 4.95. The van der Waals surface area contributed by atoms with Gasteiger partial charge in [0.25, 0.3) is 0 Å². The van der Waals surface area contributed by atoms with E-state index in [2.05, 4.69) is 41.5 Å².